The Kier molecular flexibility index (Phi) is 8.62. The molecule has 0 saturated carbocycles. The van der Waals surface area contributed by atoms with Crippen LogP contribution in [0.15, 0.2) is 59.2 Å². The van der Waals surface area contributed by atoms with E-state index in [2.05, 4.69) is 20.9 Å². The molecule has 1 saturated heterocycles. The van der Waals surface area contributed by atoms with Crippen LogP contribution in [0, 0.1) is 0 Å². The topological polar surface area (TPSA) is 141 Å². The summed E-state index contributed by atoms with van der Waals surface area (Å²) in [6.07, 6.45) is 4.94. The van der Waals surface area contributed by atoms with Gasteiger partial charge in [-0.2, -0.15) is 0 Å². The van der Waals surface area contributed by atoms with Gasteiger partial charge in [0, 0.05) is 37.8 Å². The summed E-state index contributed by atoms with van der Waals surface area (Å²) in [5.74, 6) is -0.693. The molecule has 2 aromatic heterocycles. The molecule has 3 heterocycles. The van der Waals surface area contributed by atoms with E-state index in [0.29, 0.717) is 24.7 Å². The van der Waals surface area contributed by atoms with Gasteiger partial charge in [-0.3, -0.25) is 0 Å². The quantitative estimate of drug-likeness (QED) is 0.376. The number of likely N-dealkylation sites (tertiary alicyclic amines) is 1. The Morgan fingerprint density at radius 1 is 1.09 bits per heavy atom. The molecule has 176 valence electrons. The standard InChI is InChI=1S/C19H24N4O2.C4H4O4/c24-12-11-22-9-7-15(8-10-22)20-19-21-17-5-1-2-6-18(17)23(19)14-16-4-3-13-25-16;5-3(6)1-2-4(7)8/h1-6,13,15,24H,7-12,14H2,(H,20,21);1-2H,(H,5,6)(H,7,8). The first-order valence-corrected chi connectivity index (χ1v) is 10.7. The number of aromatic nitrogens is 2. The third-order valence-corrected chi connectivity index (χ3v) is 5.25. The monoisotopic (exact) mass is 456 g/mol. The van der Waals surface area contributed by atoms with Crippen molar-refractivity contribution in [3.63, 3.8) is 0 Å². The number of benzene rings is 1. The number of β-amino-alcohol motifs (C(OH)–C–C–N with tert-alkyl or cyclic N) is 1. The summed E-state index contributed by atoms with van der Waals surface area (Å²) >= 11 is 0. The number of aliphatic carboxylic acids is 2. The number of para-hydroxylation sites is 2. The first-order chi connectivity index (χ1) is 16.0. The van der Waals surface area contributed by atoms with Crippen LogP contribution in [0.3, 0.4) is 0 Å². The minimum atomic E-state index is -1.26. The predicted molar refractivity (Wildman–Crippen MR) is 122 cm³/mol. The number of nitrogens with zero attached hydrogens (tertiary/aromatic N) is 3. The largest absolute Gasteiger partial charge is 0.478 e. The van der Waals surface area contributed by atoms with Gasteiger partial charge in [-0.05, 0) is 37.1 Å². The van der Waals surface area contributed by atoms with Crippen molar-refractivity contribution < 1.29 is 29.3 Å². The number of aliphatic hydroxyl groups is 1. The van der Waals surface area contributed by atoms with Crippen LogP contribution in [0.5, 0.6) is 0 Å². The maximum atomic E-state index is 9.55. The molecule has 33 heavy (non-hydrogen) atoms. The Balaban J connectivity index is 0.000000331. The van der Waals surface area contributed by atoms with Crippen molar-refractivity contribution in [1.29, 1.82) is 0 Å². The molecule has 1 aliphatic heterocycles. The summed E-state index contributed by atoms with van der Waals surface area (Å²) in [7, 11) is 0. The van der Waals surface area contributed by atoms with Crippen LogP contribution >= 0.6 is 0 Å². The van der Waals surface area contributed by atoms with E-state index in [4.69, 9.17) is 24.7 Å². The zero-order chi connectivity index (χ0) is 23.6. The summed E-state index contributed by atoms with van der Waals surface area (Å²) < 4.78 is 7.72. The average molecular weight is 456 g/mol. The third kappa shape index (κ3) is 7.19. The van der Waals surface area contributed by atoms with E-state index in [1.165, 1.54) is 0 Å². The molecule has 0 bridgehead atoms. The first kappa shape index (κ1) is 24.0. The molecule has 0 unspecified atom stereocenters. The summed E-state index contributed by atoms with van der Waals surface area (Å²) in [6.45, 7) is 3.69. The van der Waals surface area contributed by atoms with Crippen LogP contribution < -0.4 is 5.32 Å². The van der Waals surface area contributed by atoms with E-state index in [1.54, 1.807) is 6.26 Å². The molecular weight excluding hydrogens is 428 g/mol. The Morgan fingerprint density at radius 2 is 1.79 bits per heavy atom. The highest BCUT2D eigenvalue weighted by Gasteiger charge is 2.21. The van der Waals surface area contributed by atoms with Gasteiger partial charge in [0.05, 0.1) is 30.4 Å². The second kappa shape index (κ2) is 11.8. The molecule has 4 rings (SSSR count). The van der Waals surface area contributed by atoms with Crippen LogP contribution in [0.25, 0.3) is 11.0 Å². The molecule has 1 aromatic carbocycles. The number of carboxylic acids is 2. The SMILES string of the molecule is O=C(O)C=CC(=O)O.OCCN1CCC(Nc2nc3ccccc3n2Cc2ccco2)CC1. The van der Waals surface area contributed by atoms with Gasteiger partial charge in [0.25, 0.3) is 0 Å². The molecule has 0 radical (unpaired) electrons. The van der Waals surface area contributed by atoms with Gasteiger partial charge in [-0.1, -0.05) is 12.1 Å². The molecule has 1 aliphatic rings. The number of anilines is 1. The summed E-state index contributed by atoms with van der Waals surface area (Å²) in [6, 6.07) is 12.5. The van der Waals surface area contributed by atoms with Crippen molar-refractivity contribution in [2.75, 3.05) is 31.6 Å². The van der Waals surface area contributed by atoms with Crippen LogP contribution in [0.4, 0.5) is 5.95 Å². The van der Waals surface area contributed by atoms with Crippen molar-refractivity contribution in [2.24, 2.45) is 0 Å². The number of furan rings is 1. The molecule has 3 aromatic rings. The van der Waals surface area contributed by atoms with Crippen molar-refractivity contribution in [2.45, 2.75) is 25.4 Å². The molecule has 4 N–H and O–H groups in total. The average Bonchev–Trinajstić information content (AvgIpc) is 3.43. The number of fused-ring (bicyclic) bond motifs is 1. The fourth-order valence-corrected chi connectivity index (χ4v) is 3.67. The van der Waals surface area contributed by atoms with Gasteiger partial charge < -0.3 is 34.5 Å². The van der Waals surface area contributed by atoms with Gasteiger partial charge in [0.1, 0.15) is 5.76 Å². The molecule has 0 spiro atoms. The number of aliphatic hydroxyl groups excluding tert-OH is 1. The molecule has 10 nitrogen and oxygen atoms in total. The maximum absolute atomic E-state index is 9.55. The van der Waals surface area contributed by atoms with E-state index in [0.717, 1.165) is 55.2 Å². The van der Waals surface area contributed by atoms with Gasteiger partial charge >= 0.3 is 11.9 Å². The summed E-state index contributed by atoms with van der Waals surface area (Å²) in [5.41, 5.74) is 2.10. The smallest absolute Gasteiger partial charge is 0.328 e. The number of nitrogens with one attached hydrogen (secondary N) is 1. The second-order valence-electron chi connectivity index (χ2n) is 7.58. The van der Waals surface area contributed by atoms with E-state index in [1.807, 2.05) is 30.3 Å². The molecular formula is C23H28N4O6. The second-order valence-corrected chi connectivity index (χ2v) is 7.58. The fraction of sp³-hybridized carbons (Fsp3) is 0.348. The number of carboxylic acid groups (broad SMARTS) is 2. The zero-order valence-electron chi connectivity index (χ0n) is 18.1. The highest BCUT2D eigenvalue weighted by molar-refractivity contribution is 5.89. The Hall–Kier alpha value is -3.63. The first-order valence-electron chi connectivity index (χ1n) is 10.7. The number of hydrogen-bond donors (Lipinski definition) is 4. The number of carbonyl (C=O) groups is 2. The molecule has 0 atom stereocenters. The lowest BCUT2D eigenvalue weighted by atomic mass is 10.1. The lowest BCUT2D eigenvalue weighted by Crippen LogP contribution is -2.40. The minimum Gasteiger partial charge on any atom is -0.478 e. The lowest BCUT2D eigenvalue weighted by Gasteiger charge is -2.32. The number of piperidine rings is 1. The summed E-state index contributed by atoms with van der Waals surface area (Å²) in [5, 5.41) is 28.3. The van der Waals surface area contributed by atoms with Crippen molar-refractivity contribution >= 4 is 28.9 Å². The van der Waals surface area contributed by atoms with Gasteiger partial charge in [-0.25, -0.2) is 14.6 Å². The molecule has 0 amide bonds. The van der Waals surface area contributed by atoms with Crippen LogP contribution in [-0.2, 0) is 16.1 Å². The number of imidazole rings is 1. The van der Waals surface area contributed by atoms with Crippen LogP contribution in [0.2, 0.25) is 0 Å². The van der Waals surface area contributed by atoms with E-state index < -0.39 is 11.9 Å². The van der Waals surface area contributed by atoms with E-state index in [-0.39, 0.29) is 6.61 Å². The maximum Gasteiger partial charge on any atom is 0.328 e. The fourth-order valence-electron chi connectivity index (χ4n) is 3.67. The van der Waals surface area contributed by atoms with Crippen molar-refractivity contribution in [3.8, 4) is 0 Å². The predicted octanol–water partition coefficient (Wildman–Crippen LogP) is 2.26. The van der Waals surface area contributed by atoms with Crippen molar-refractivity contribution in [3.05, 3.63) is 60.6 Å². The molecule has 10 heteroatoms. The molecule has 0 aliphatic carbocycles. The minimum absolute atomic E-state index is 0.233. The highest BCUT2D eigenvalue weighted by atomic mass is 16.4. The normalized spacial score (nSPS) is 14.8. The Labute approximate surface area is 190 Å². The highest BCUT2D eigenvalue weighted by Crippen LogP contribution is 2.23. The van der Waals surface area contributed by atoms with Crippen LogP contribution in [-0.4, -0.2) is 74.0 Å². The number of hydrogen-bond acceptors (Lipinski definition) is 7. The lowest BCUT2D eigenvalue weighted by molar-refractivity contribution is -0.134. The molecule has 1 fully saturated rings. The Bertz CT molecular complexity index is 1050. The van der Waals surface area contributed by atoms with Gasteiger partial charge in [-0.15, -0.1) is 0 Å². The van der Waals surface area contributed by atoms with Crippen molar-refractivity contribution in [1.82, 2.24) is 14.5 Å². The van der Waals surface area contributed by atoms with E-state index >= 15 is 0 Å². The summed E-state index contributed by atoms with van der Waals surface area (Å²) in [4.78, 5) is 26.2. The van der Waals surface area contributed by atoms with Gasteiger partial charge in [0.2, 0.25) is 5.95 Å². The van der Waals surface area contributed by atoms with E-state index in [9.17, 15) is 9.59 Å². The van der Waals surface area contributed by atoms with Crippen LogP contribution in [0.1, 0.15) is 18.6 Å². The Morgan fingerprint density at radius 3 is 2.39 bits per heavy atom. The third-order valence-electron chi connectivity index (χ3n) is 5.25. The van der Waals surface area contributed by atoms with Gasteiger partial charge in [0.15, 0.2) is 0 Å². The zero-order valence-corrected chi connectivity index (χ0v) is 18.1. The number of rotatable bonds is 8.